The Morgan fingerprint density at radius 1 is 1.54 bits per heavy atom. The summed E-state index contributed by atoms with van der Waals surface area (Å²) >= 11 is 5.79. The second-order valence-corrected chi connectivity index (χ2v) is 3.37. The van der Waals surface area contributed by atoms with Crippen molar-refractivity contribution < 1.29 is 9.18 Å². The normalized spacial score (nSPS) is 20.8. The summed E-state index contributed by atoms with van der Waals surface area (Å²) < 4.78 is 13.2. The van der Waals surface area contributed by atoms with Gasteiger partial charge < -0.3 is 5.32 Å². The molecule has 1 aromatic carbocycles. The van der Waals surface area contributed by atoms with Crippen LogP contribution in [0.1, 0.15) is 18.0 Å². The number of rotatable bonds is 1. The number of hydrogen-bond acceptors (Lipinski definition) is 1. The molecule has 0 spiro atoms. The van der Waals surface area contributed by atoms with E-state index >= 15 is 0 Å². The molecule has 0 aliphatic carbocycles. The standard InChI is InChI=1S/C9H7ClFNO/c10-5-2-1-3-6(11)9(5)7-4-8(13)12-7/h1-3,7H,4H2,(H,12,13). The SMILES string of the molecule is O=C1CC(c2c(F)cccc2Cl)N1. The van der Waals surface area contributed by atoms with Gasteiger partial charge in [-0.1, -0.05) is 17.7 Å². The quantitative estimate of drug-likeness (QED) is 0.689. The summed E-state index contributed by atoms with van der Waals surface area (Å²) in [4.78, 5) is 10.6. The van der Waals surface area contributed by atoms with Crippen molar-refractivity contribution in [2.75, 3.05) is 0 Å². The maximum Gasteiger partial charge on any atom is 0.222 e. The zero-order valence-electron chi connectivity index (χ0n) is 6.68. The number of carbonyl (C=O) groups excluding carboxylic acids is 1. The number of halogens is 2. The highest BCUT2D eigenvalue weighted by atomic mass is 35.5. The molecule has 1 atom stereocenters. The van der Waals surface area contributed by atoms with Crippen molar-refractivity contribution in [2.24, 2.45) is 0 Å². The van der Waals surface area contributed by atoms with E-state index in [1.165, 1.54) is 6.07 Å². The van der Waals surface area contributed by atoms with E-state index in [2.05, 4.69) is 5.32 Å². The second kappa shape index (κ2) is 3.00. The van der Waals surface area contributed by atoms with E-state index in [-0.39, 0.29) is 17.8 Å². The third kappa shape index (κ3) is 1.40. The van der Waals surface area contributed by atoms with Gasteiger partial charge in [-0.25, -0.2) is 4.39 Å². The second-order valence-electron chi connectivity index (χ2n) is 2.96. The Bertz CT molecular complexity index is 338. The van der Waals surface area contributed by atoms with Crippen molar-refractivity contribution in [2.45, 2.75) is 12.5 Å². The summed E-state index contributed by atoms with van der Waals surface area (Å²) in [6.07, 6.45) is 0.320. The van der Waals surface area contributed by atoms with Gasteiger partial charge in [-0.2, -0.15) is 0 Å². The molecule has 1 N–H and O–H groups in total. The number of nitrogens with one attached hydrogen (secondary N) is 1. The minimum Gasteiger partial charge on any atom is -0.349 e. The lowest BCUT2D eigenvalue weighted by atomic mass is 9.97. The molecule has 1 aliphatic rings. The maximum absolute atomic E-state index is 13.2. The largest absolute Gasteiger partial charge is 0.349 e. The van der Waals surface area contributed by atoms with Crippen molar-refractivity contribution in [1.29, 1.82) is 0 Å². The first kappa shape index (κ1) is 8.51. The topological polar surface area (TPSA) is 29.1 Å². The van der Waals surface area contributed by atoms with Gasteiger partial charge in [0, 0.05) is 10.6 Å². The molecule has 4 heteroatoms. The van der Waals surface area contributed by atoms with E-state index in [4.69, 9.17) is 11.6 Å². The van der Waals surface area contributed by atoms with Gasteiger partial charge in [0.05, 0.1) is 12.5 Å². The Morgan fingerprint density at radius 2 is 2.23 bits per heavy atom. The molecule has 0 aromatic heterocycles. The molecule has 2 nitrogen and oxygen atoms in total. The van der Waals surface area contributed by atoms with Gasteiger partial charge in [-0.15, -0.1) is 0 Å². The molecule has 1 aliphatic heterocycles. The first-order valence-corrected chi connectivity index (χ1v) is 4.29. The van der Waals surface area contributed by atoms with Crippen LogP contribution in [0, 0.1) is 5.82 Å². The third-order valence-corrected chi connectivity index (χ3v) is 2.40. The van der Waals surface area contributed by atoms with Crippen LogP contribution in [0.3, 0.4) is 0 Å². The lowest BCUT2D eigenvalue weighted by Gasteiger charge is -2.28. The number of β-lactam (4-membered cyclic amide) rings is 1. The van der Waals surface area contributed by atoms with E-state index < -0.39 is 0 Å². The predicted octanol–water partition coefficient (Wildman–Crippen LogP) is 2.04. The van der Waals surface area contributed by atoms with Crippen molar-refractivity contribution in [3.63, 3.8) is 0 Å². The maximum atomic E-state index is 13.2. The summed E-state index contributed by atoms with van der Waals surface area (Å²) in [6, 6.07) is 4.25. The molecular weight excluding hydrogens is 193 g/mol. The first-order valence-electron chi connectivity index (χ1n) is 3.92. The summed E-state index contributed by atoms with van der Waals surface area (Å²) in [5.74, 6) is -0.429. The summed E-state index contributed by atoms with van der Waals surface area (Å²) in [5.41, 5.74) is 0.392. The van der Waals surface area contributed by atoms with E-state index in [0.29, 0.717) is 17.0 Å². The van der Waals surface area contributed by atoms with Crippen LogP contribution < -0.4 is 5.32 Å². The molecule has 0 radical (unpaired) electrons. The van der Waals surface area contributed by atoms with E-state index in [9.17, 15) is 9.18 Å². The van der Waals surface area contributed by atoms with Gasteiger partial charge in [-0.05, 0) is 12.1 Å². The van der Waals surface area contributed by atoms with E-state index in [1.54, 1.807) is 12.1 Å². The van der Waals surface area contributed by atoms with E-state index in [1.807, 2.05) is 0 Å². The van der Waals surface area contributed by atoms with Crippen molar-refractivity contribution in [3.05, 3.63) is 34.6 Å². The average molecular weight is 200 g/mol. The molecule has 1 heterocycles. The zero-order chi connectivity index (χ0) is 9.42. The average Bonchev–Trinajstić information content (AvgIpc) is 2.00. The minimum atomic E-state index is -0.363. The van der Waals surface area contributed by atoms with Gasteiger partial charge >= 0.3 is 0 Å². The highest BCUT2D eigenvalue weighted by Crippen LogP contribution is 2.31. The first-order chi connectivity index (χ1) is 6.18. The monoisotopic (exact) mass is 199 g/mol. The summed E-state index contributed by atoms with van der Waals surface area (Å²) in [5, 5.41) is 2.94. The minimum absolute atomic E-state index is 0.0654. The highest BCUT2D eigenvalue weighted by Gasteiger charge is 2.30. The Labute approximate surface area is 79.7 Å². The number of amides is 1. The molecule has 1 fully saturated rings. The van der Waals surface area contributed by atoms with Crippen molar-refractivity contribution in [3.8, 4) is 0 Å². The lowest BCUT2D eigenvalue weighted by molar-refractivity contribution is -0.128. The van der Waals surface area contributed by atoms with Crippen LogP contribution in [0.4, 0.5) is 4.39 Å². The Hall–Kier alpha value is -1.09. The molecule has 68 valence electrons. The van der Waals surface area contributed by atoms with Crippen LogP contribution in [0.5, 0.6) is 0 Å². The van der Waals surface area contributed by atoms with Gasteiger partial charge in [0.2, 0.25) is 5.91 Å². The number of hydrogen-bond donors (Lipinski definition) is 1. The summed E-state index contributed by atoms with van der Waals surface area (Å²) in [7, 11) is 0. The predicted molar refractivity (Wildman–Crippen MR) is 46.9 cm³/mol. The molecule has 0 saturated carbocycles. The molecule has 1 unspecified atom stereocenters. The van der Waals surface area contributed by atoms with Gasteiger partial charge in [0.1, 0.15) is 5.82 Å². The Balaban J connectivity index is 2.34. The van der Waals surface area contributed by atoms with Crippen LogP contribution in [-0.2, 0) is 4.79 Å². The van der Waals surface area contributed by atoms with Crippen LogP contribution in [0.15, 0.2) is 18.2 Å². The number of benzene rings is 1. The van der Waals surface area contributed by atoms with Crippen LogP contribution in [0.25, 0.3) is 0 Å². The number of carbonyl (C=O) groups is 1. The van der Waals surface area contributed by atoms with Crippen LogP contribution in [-0.4, -0.2) is 5.91 Å². The Kier molecular flexibility index (Phi) is 1.96. The highest BCUT2D eigenvalue weighted by molar-refractivity contribution is 6.31. The van der Waals surface area contributed by atoms with Crippen molar-refractivity contribution in [1.82, 2.24) is 5.32 Å². The summed E-state index contributed by atoms with van der Waals surface area (Å²) in [6.45, 7) is 0. The molecule has 1 aromatic rings. The molecule has 1 amide bonds. The van der Waals surface area contributed by atoms with E-state index in [0.717, 1.165) is 0 Å². The molecule has 13 heavy (non-hydrogen) atoms. The smallest absolute Gasteiger partial charge is 0.222 e. The van der Waals surface area contributed by atoms with Gasteiger partial charge in [-0.3, -0.25) is 4.79 Å². The fourth-order valence-electron chi connectivity index (χ4n) is 1.38. The van der Waals surface area contributed by atoms with Crippen LogP contribution >= 0.6 is 11.6 Å². The van der Waals surface area contributed by atoms with Gasteiger partial charge in [0.25, 0.3) is 0 Å². The molecule has 2 rings (SSSR count). The molecule has 0 bridgehead atoms. The van der Waals surface area contributed by atoms with Crippen LogP contribution in [0.2, 0.25) is 5.02 Å². The third-order valence-electron chi connectivity index (χ3n) is 2.07. The van der Waals surface area contributed by atoms with Crippen molar-refractivity contribution >= 4 is 17.5 Å². The fourth-order valence-corrected chi connectivity index (χ4v) is 1.67. The molecular formula is C9H7ClFNO. The van der Waals surface area contributed by atoms with Gasteiger partial charge in [0.15, 0.2) is 0 Å². The molecule has 1 saturated heterocycles. The Morgan fingerprint density at radius 3 is 2.77 bits per heavy atom. The lowest BCUT2D eigenvalue weighted by Crippen LogP contribution is -2.41. The fraction of sp³-hybridized carbons (Fsp3) is 0.222. The zero-order valence-corrected chi connectivity index (χ0v) is 7.44.